The molecule has 0 heterocycles. The van der Waals surface area contributed by atoms with E-state index in [-0.39, 0.29) is 31.5 Å². The van der Waals surface area contributed by atoms with Gasteiger partial charge in [-0.25, -0.2) is 9.59 Å². The summed E-state index contributed by atoms with van der Waals surface area (Å²) < 4.78 is 10.6. The van der Waals surface area contributed by atoms with Gasteiger partial charge in [-0.05, 0) is 55.4 Å². The lowest BCUT2D eigenvalue weighted by Crippen LogP contribution is -2.53. The number of carbonyl (C=O) groups is 4. The molecule has 0 spiro atoms. The molecule has 0 saturated heterocycles. The Morgan fingerprint density at radius 1 is 0.884 bits per heavy atom. The molecule has 1 aliphatic rings. The van der Waals surface area contributed by atoms with Crippen molar-refractivity contribution in [2.75, 3.05) is 13.2 Å². The van der Waals surface area contributed by atoms with Gasteiger partial charge in [0.05, 0.1) is 6.61 Å². The van der Waals surface area contributed by atoms with Crippen molar-refractivity contribution in [1.29, 1.82) is 0 Å². The Morgan fingerprint density at radius 2 is 1.60 bits per heavy atom. The van der Waals surface area contributed by atoms with Crippen LogP contribution < -0.4 is 16.0 Å². The van der Waals surface area contributed by atoms with Gasteiger partial charge in [0.1, 0.15) is 18.7 Å². The van der Waals surface area contributed by atoms with Crippen LogP contribution >= 0.6 is 11.6 Å². The van der Waals surface area contributed by atoms with Crippen LogP contribution in [0.15, 0.2) is 54.6 Å². The highest BCUT2D eigenvalue weighted by Gasteiger charge is 2.32. The zero-order chi connectivity index (χ0) is 31.0. The molecule has 3 N–H and O–H groups in total. The predicted octanol–water partition coefficient (Wildman–Crippen LogP) is 5.34. The van der Waals surface area contributed by atoms with Crippen molar-refractivity contribution in [3.63, 3.8) is 0 Å². The molecule has 2 aromatic rings. The number of rotatable bonds is 15. The second-order valence-electron chi connectivity index (χ2n) is 11.1. The number of hydrogen-bond acceptors (Lipinski definition) is 6. The van der Waals surface area contributed by atoms with E-state index in [4.69, 9.17) is 21.1 Å². The molecule has 0 aliphatic heterocycles. The van der Waals surface area contributed by atoms with Crippen molar-refractivity contribution in [3.8, 4) is 0 Å². The van der Waals surface area contributed by atoms with Crippen molar-refractivity contribution in [1.82, 2.24) is 16.0 Å². The van der Waals surface area contributed by atoms with Crippen LogP contribution in [-0.4, -0.2) is 49.1 Å². The first-order valence-corrected chi connectivity index (χ1v) is 15.6. The highest BCUT2D eigenvalue weighted by atomic mass is 35.5. The van der Waals surface area contributed by atoms with E-state index in [1.54, 1.807) is 38.1 Å². The minimum Gasteiger partial charge on any atom is -0.464 e. The lowest BCUT2D eigenvalue weighted by atomic mass is 9.84. The Bertz CT molecular complexity index is 1190. The van der Waals surface area contributed by atoms with E-state index in [2.05, 4.69) is 16.0 Å². The number of hydrogen-bond donors (Lipinski definition) is 3. The molecule has 3 amide bonds. The van der Waals surface area contributed by atoms with E-state index < -0.39 is 36.0 Å². The van der Waals surface area contributed by atoms with Gasteiger partial charge < -0.3 is 25.4 Å². The molecule has 3 atom stereocenters. The summed E-state index contributed by atoms with van der Waals surface area (Å²) in [7, 11) is 0. The number of alkyl carbamates (subject to hydrolysis) is 1. The van der Waals surface area contributed by atoms with E-state index in [1.807, 2.05) is 30.3 Å². The van der Waals surface area contributed by atoms with Crippen molar-refractivity contribution in [2.45, 2.75) is 83.9 Å². The SMILES string of the molecule is CCOC(=O)C(CC(C)C(=O)NCCc1ccccc1)NC(=O)C(CC1CCCCC1)NC(=O)OCc1cccc(Cl)c1. The van der Waals surface area contributed by atoms with E-state index in [0.717, 1.165) is 37.7 Å². The quantitative estimate of drug-likeness (QED) is 0.233. The first kappa shape index (κ1) is 33.9. The minimum absolute atomic E-state index is 0.00743. The average Bonchev–Trinajstić information content (AvgIpc) is 3.00. The van der Waals surface area contributed by atoms with Crippen LogP contribution in [0.1, 0.15) is 69.9 Å². The molecule has 43 heavy (non-hydrogen) atoms. The first-order valence-electron chi connectivity index (χ1n) is 15.2. The normalized spacial score (nSPS) is 15.4. The maximum absolute atomic E-state index is 13.6. The van der Waals surface area contributed by atoms with Gasteiger partial charge in [-0.2, -0.15) is 0 Å². The molecule has 1 fully saturated rings. The number of benzene rings is 2. The maximum Gasteiger partial charge on any atom is 0.408 e. The summed E-state index contributed by atoms with van der Waals surface area (Å²) >= 11 is 6.02. The first-order chi connectivity index (χ1) is 20.7. The summed E-state index contributed by atoms with van der Waals surface area (Å²) in [5.41, 5.74) is 1.82. The number of amides is 3. The fraction of sp³-hybridized carbons (Fsp3) is 0.515. The van der Waals surface area contributed by atoms with Crippen LogP contribution in [0.25, 0.3) is 0 Å². The van der Waals surface area contributed by atoms with Gasteiger partial charge in [-0.1, -0.05) is 93.1 Å². The molecule has 3 unspecified atom stereocenters. The molecule has 0 radical (unpaired) electrons. The lowest BCUT2D eigenvalue weighted by Gasteiger charge is -2.28. The smallest absolute Gasteiger partial charge is 0.408 e. The van der Waals surface area contributed by atoms with Crippen LogP contribution in [0, 0.1) is 11.8 Å². The van der Waals surface area contributed by atoms with Crippen LogP contribution in [0.2, 0.25) is 5.02 Å². The Balaban J connectivity index is 1.62. The van der Waals surface area contributed by atoms with E-state index in [0.29, 0.717) is 30.0 Å². The molecule has 234 valence electrons. The molecule has 0 aromatic heterocycles. The standard InChI is InChI=1S/C33H44ClN3O6/c1-3-42-32(40)29(19-23(2)30(38)35-18-17-24-11-6-4-7-12-24)36-31(39)28(21-25-13-8-5-9-14-25)37-33(41)43-22-26-15-10-16-27(34)20-26/h4,6-7,10-12,15-16,20,23,25,28-29H,3,5,8-9,13-14,17-19,21-22H2,1-2H3,(H,35,38)(H,36,39)(H,37,41). The molecular weight excluding hydrogens is 570 g/mol. The van der Waals surface area contributed by atoms with E-state index in [1.165, 1.54) is 0 Å². The van der Waals surface area contributed by atoms with Gasteiger partial charge in [0.15, 0.2) is 0 Å². The molecule has 10 heteroatoms. The lowest BCUT2D eigenvalue weighted by molar-refractivity contribution is -0.148. The zero-order valence-electron chi connectivity index (χ0n) is 25.1. The van der Waals surface area contributed by atoms with Gasteiger partial charge in [0.2, 0.25) is 11.8 Å². The monoisotopic (exact) mass is 613 g/mol. The highest BCUT2D eigenvalue weighted by Crippen LogP contribution is 2.27. The topological polar surface area (TPSA) is 123 Å². The summed E-state index contributed by atoms with van der Waals surface area (Å²) in [6.45, 7) is 3.96. The Kier molecular flexibility index (Phi) is 14.3. The van der Waals surface area contributed by atoms with Crippen LogP contribution in [-0.2, 0) is 36.9 Å². The number of carbonyl (C=O) groups excluding carboxylic acids is 4. The fourth-order valence-electron chi connectivity index (χ4n) is 5.29. The molecule has 0 bridgehead atoms. The van der Waals surface area contributed by atoms with Crippen molar-refractivity contribution in [2.24, 2.45) is 11.8 Å². The van der Waals surface area contributed by atoms with Gasteiger partial charge in [-0.15, -0.1) is 0 Å². The Hall–Kier alpha value is -3.59. The van der Waals surface area contributed by atoms with Gasteiger partial charge in [0, 0.05) is 17.5 Å². The van der Waals surface area contributed by atoms with Gasteiger partial charge in [-0.3, -0.25) is 9.59 Å². The summed E-state index contributed by atoms with van der Waals surface area (Å²) in [4.78, 5) is 52.0. The number of halogens is 1. The summed E-state index contributed by atoms with van der Waals surface area (Å²) in [6, 6.07) is 14.8. The maximum atomic E-state index is 13.6. The minimum atomic E-state index is -1.06. The number of ether oxygens (including phenoxy) is 2. The van der Waals surface area contributed by atoms with Crippen molar-refractivity contribution >= 4 is 35.5 Å². The largest absolute Gasteiger partial charge is 0.464 e. The predicted molar refractivity (Wildman–Crippen MR) is 165 cm³/mol. The third-order valence-corrected chi connectivity index (χ3v) is 7.88. The zero-order valence-corrected chi connectivity index (χ0v) is 25.9. The summed E-state index contributed by atoms with van der Waals surface area (Å²) in [5, 5.41) is 8.91. The van der Waals surface area contributed by atoms with E-state index >= 15 is 0 Å². The van der Waals surface area contributed by atoms with Crippen LogP contribution in [0.3, 0.4) is 0 Å². The average molecular weight is 614 g/mol. The summed E-state index contributed by atoms with van der Waals surface area (Å²) in [5.74, 6) is -1.67. The van der Waals surface area contributed by atoms with Gasteiger partial charge >= 0.3 is 12.1 Å². The third kappa shape index (κ3) is 12.3. The van der Waals surface area contributed by atoms with Crippen LogP contribution in [0.4, 0.5) is 4.79 Å². The Morgan fingerprint density at radius 3 is 2.30 bits per heavy atom. The Labute approximate surface area is 259 Å². The molecule has 1 aliphatic carbocycles. The van der Waals surface area contributed by atoms with Crippen molar-refractivity contribution < 1.29 is 28.7 Å². The van der Waals surface area contributed by atoms with E-state index in [9.17, 15) is 19.2 Å². The van der Waals surface area contributed by atoms with Crippen molar-refractivity contribution in [3.05, 3.63) is 70.7 Å². The molecular formula is C33H44ClN3O6. The van der Waals surface area contributed by atoms with Gasteiger partial charge in [0.25, 0.3) is 0 Å². The highest BCUT2D eigenvalue weighted by molar-refractivity contribution is 6.30. The fourth-order valence-corrected chi connectivity index (χ4v) is 5.50. The second-order valence-corrected chi connectivity index (χ2v) is 11.6. The molecule has 2 aromatic carbocycles. The second kappa shape index (κ2) is 18.2. The number of esters is 1. The molecule has 3 rings (SSSR count). The van der Waals surface area contributed by atoms with Crippen LogP contribution in [0.5, 0.6) is 0 Å². The summed E-state index contributed by atoms with van der Waals surface area (Å²) in [6.07, 6.45) is 5.63. The third-order valence-electron chi connectivity index (χ3n) is 7.64. The molecule has 9 nitrogen and oxygen atoms in total. The molecule has 1 saturated carbocycles. The number of nitrogens with one attached hydrogen (secondary N) is 3.